The zero-order valence-electron chi connectivity index (χ0n) is 17.7. The summed E-state index contributed by atoms with van der Waals surface area (Å²) in [6.07, 6.45) is 7.92. The molecule has 2 aromatic rings. The van der Waals surface area contributed by atoms with Crippen molar-refractivity contribution in [3.8, 4) is 5.75 Å². The Bertz CT molecular complexity index is 815. The van der Waals surface area contributed by atoms with Gasteiger partial charge in [0.05, 0.1) is 7.11 Å². The van der Waals surface area contributed by atoms with Crippen LogP contribution in [0.15, 0.2) is 48.8 Å². The van der Waals surface area contributed by atoms with E-state index in [0.717, 1.165) is 64.3 Å². The molecule has 6 nitrogen and oxygen atoms in total. The molecule has 0 N–H and O–H groups in total. The molecule has 0 aliphatic carbocycles. The van der Waals surface area contributed by atoms with Crippen LogP contribution >= 0.6 is 0 Å². The van der Waals surface area contributed by atoms with E-state index in [0.29, 0.717) is 17.6 Å². The van der Waals surface area contributed by atoms with Crippen LogP contribution in [0.4, 0.5) is 0 Å². The highest BCUT2D eigenvalue weighted by Crippen LogP contribution is 2.27. The number of rotatable bonds is 6. The number of nitrogens with zero attached hydrogens (tertiary/aromatic N) is 3. The van der Waals surface area contributed by atoms with Gasteiger partial charge in [-0.2, -0.15) is 0 Å². The topological polar surface area (TPSA) is 54.9 Å². The molecule has 2 aliphatic rings. The van der Waals surface area contributed by atoms with Crippen LogP contribution in [0, 0.1) is 0 Å². The molecule has 30 heavy (non-hydrogen) atoms. The Kier molecular flexibility index (Phi) is 6.97. The summed E-state index contributed by atoms with van der Waals surface area (Å²) in [7, 11) is 1.63. The number of carbonyl (C=O) groups is 1. The van der Waals surface area contributed by atoms with Gasteiger partial charge in [0, 0.05) is 62.9 Å². The summed E-state index contributed by atoms with van der Waals surface area (Å²) in [5, 5.41) is 0. The van der Waals surface area contributed by atoms with Gasteiger partial charge in [0.15, 0.2) is 0 Å². The number of hydrogen-bond donors (Lipinski definition) is 0. The van der Waals surface area contributed by atoms with Crippen LogP contribution < -0.4 is 4.74 Å². The third-order valence-electron chi connectivity index (χ3n) is 6.29. The summed E-state index contributed by atoms with van der Waals surface area (Å²) in [5.41, 5.74) is 1.95. The zero-order valence-corrected chi connectivity index (χ0v) is 17.7. The van der Waals surface area contributed by atoms with Crippen LogP contribution in [-0.2, 0) is 11.3 Å². The molecule has 0 spiro atoms. The Hall–Kier alpha value is -2.44. The lowest BCUT2D eigenvalue weighted by Gasteiger charge is -2.43. The highest BCUT2D eigenvalue weighted by atomic mass is 16.5. The molecule has 1 amide bonds. The van der Waals surface area contributed by atoms with Gasteiger partial charge in [0.25, 0.3) is 5.91 Å². The lowest BCUT2D eigenvalue weighted by atomic mass is 9.96. The standard InChI is InChI=1S/C24H31N3O3/c1-29-23-6-2-5-20(16-23)24(28)26-12-7-21(8-13-26)27(22-9-14-30-15-10-22)18-19-4-3-11-25-17-19/h2-6,11,16-17,21-22H,7-10,12-15,18H2,1H3. The SMILES string of the molecule is COc1cccc(C(=O)N2CCC(N(Cc3cccnc3)C3CCOCC3)CC2)c1. The van der Waals surface area contributed by atoms with Crippen molar-refractivity contribution in [1.29, 1.82) is 0 Å². The molecule has 1 aromatic carbocycles. The fourth-order valence-corrected chi connectivity index (χ4v) is 4.61. The number of methoxy groups -OCH3 is 1. The molecule has 2 saturated heterocycles. The van der Waals surface area contributed by atoms with Crippen LogP contribution in [0.3, 0.4) is 0 Å². The second kappa shape index (κ2) is 10.0. The van der Waals surface area contributed by atoms with Crippen molar-refractivity contribution < 1.29 is 14.3 Å². The fraction of sp³-hybridized carbons (Fsp3) is 0.500. The quantitative estimate of drug-likeness (QED) is 0.732. The van der Waals surface area contributed by atoms with Crippen LogP contribution in [0.5, 0.6) is 5.75 Å². The molecule has 2 fully saturated rings. The smallest absolute Gasteiger partial charge is 0.253 e. The van der Waals surface area contributed by atoms with Crippen molar-refractivity contribution in [2.24, 2.45) is 0 Å². The normalized spacial score (nSPS) is 18.5. The van der Waals surface area contributed by atoms with E-state index in [9.17, 15) is 4.79 Å². The highest BCUT2D eigenvalue weighted by molar-refractivity contribution is 5.94. The minimum Gasteiger partial charge on any atom is -0.497 e. The second-order valence-corrected chi connectivity index (χ2v) is 8.13. The summed E-state index contributed by atoms with van der Waals surface area (Å²) in [5.74, 6) is 0.815. The van der Waals surface area contributed by atoms with Crippen molar-refractivity contribution in [3.63, 3.8) is 0 Å². The van der Waals surface area contributed by atoms with Gasteiger partial charge in [-0.15, -0.1) is 0 Å². The van der Waals surface area contributed by atoms with Crippen molar-refractivity contribution in [1.82, 2.24) is 14.8 Å². The number of likely N-dealkylation sites (tertiary alicyclic amines) is 1. The lowest BCUT2D eigenvalue weighted by molar-refractivity contribution is -0.00152. The van der Waals surface area contributed by atoms with Gasteiger partial charge in [-0.1, -0.05) is 12.1 Å². The Labute approximate surface area is 178 Å². The number of pyridine rings is 1. The van der Waals surface area contributed by atoms with Gasteiger partial charge in [0.2, 0.25) is 0 Å². The van der Waals surface area contributed by atoms with Crippen LogP contribution in [0.25, 0.3) is 0 Å². The van der Waals surface area contributed by atoms with Crippen molar-refractivity contribution in [2.45, 2.75) is 44.3 Å². The molecule has 4 rings (SSSR count). The molecule has 0 radical (unpaired) electrons. The third kappa shape index (κ3) is 4.99. The van der Waals surface area contributed by atoms with Crippen molar-refractivity contribution in [2.75, 3.05) is 33.4 Å². The number of hydrogen-bond acceptors (Lipinski definition) is 5. The summed E-state index contributed by atoms with van der Waals surface area (Å²) in [6.45, 7) is 4.15. The molecule has 0 saturated carbocycles. The lowest BCUT2D eigenvalue weighted by Crippen LogP contribution is -2.51. The fourth-order valence-electron chi connectivity index (χ4n) is 4.61. The minimum absolute atomic E-state index is 0.0947. The van der Waals surface area contributed by atoms with Crippen LogP contribution in [0.1, 0.15) is 41.6 Å². The van der Waals surface area contributed by atoms with Gasteiger partial charge < -0.3 is 14.4 Å². The Morgan fingerprint density at radius 3 is 2.60 bits per heavy atom. The molecule has 160 valence electrons. The van der Waals surface area contributed by atoms with E-state index in [1.54, 1.807) is 7.11 Å². The Balaban J connectivity index is 1.42. The average Bonchev–Trinajstić information content (AvgIpc) is 2.83. The summed E-state index contributed by atoms with van der Waals surface area (Å²) >= 11 is 0. The average molecular weight is 410 g/mol. The predicted octanol–water partition coefficient (Wildman–Crippen LogP) is 3.38. The molecule has 0 bridgehead atoms. The maximum atomic E-state index is 13.0. The van der Waals surface area contributed by atoms with E-state index in [1.165, 1.54) is 5.56 Å². The first-order valence-corrected chi connectivity index (χ1v) is 10.9. The molecule has 0 atom stereocenters. The predicted molar refractivity (Wildman–Crippen MR) is 116 cm³/mol. The number of benzene rings is 1. The third-order valence-corrected chi connectivity index (χ3v) is 6.29. The molecule has 3 heterocycles. The molecule has 1 aromatic heterocycles. The first kappa shape index (κ1) is 20.8. The number of aromatic nitrogens is 1. The summed E-state index contributed by atoms with van der Waals surface area (Å²) in [4.78, 5) is 21.9. The summed E-state index contributed by atoms with van der Waals surface area (Å²) in [6, 6.07) is 12.6. The maximum absolute atomic E-state index is 13.0. The Morgan fingerprint density at radius 2 is 1.90 bits per heavy atom. The number of piperidine rings is 1. The van der Waals surface area contributed by atoms with Gasteiger partial charge in [-0.05, 0) is 55.5 Å². The molecule has 2 aliphatic heterocycles. The number of ether oxygens (including phenoxy) is 2. The first-order chi connectivity index (χ1) is 14.7. The molecular weight excluding hydrogens is 378 g/mol. The van der Waals surface area contributed by atoms with Crippen LogP contribution in [-0.4, -0.2) is 66.2 Å². The van der Waals surface area contributed by atoms with Crippen molar-refractivity contribution in [3.05, 3.63) is 59.9 Å². The second-order valence-electron chi connectivity index (χ2n) is 8.13. The van der Waals surface area contributed by atoms with Gasteiger partial charge >= 0.3 is 0 Å². The van der Waals surface area contributed by atoms with E-state index in [4.69, 9.17) is 9.47 Å². The van der Waals surface area contributed by atoms with Crippen LogP contribution in [0.2, 0.25) is 0 Å². The van der Waals surface area contributed by atoms with E-state index in [2.05, 4.69) is 16.0 Å². The maximum Gasteiger partial charge on any atom is 0.253 e. The monoisotopic (exact) mass is 409 g/mol. The van der Waals surface area contributed by atoms with Gasteiger partial charge in [-0.3, -0.25) is 14.7 Å². The Morgan fingerprint density at radius 1 is 1.13 bits per heavy atom. The highest BCUT2D eigenvalue weighted by Gasteiger charge is 2.32. The first-order valence-electron chi connectivity index (χ1n) is 10.9. The number of carbonyl (C=O) groups excluding carboxylic acids is 1. The molecule has 6 heteroatoms. The minimum atomic E-state index is 0.0947. The summed E-state index contributed by atoms with van der Waals surface area (Å²) < 4.78 is 10.9. The van der Waals surface area contributed by atoms with E-state index in [-0.39, 0.29) is 5.91 Å². The van der Waals surface area contributed by atoms with Gasteiger partial charge in [0.1, 0.15) is 5.75 Å². The van der Waals surface area contributed by atoms with E-state index >= 15 is 0 Å². The van der Waals surface area contributed by atoms with E-state index < -0.39 is 0 Å². The zero-order chi connectivity index (χ0) is 20.8. The van der Waals surface area contributed by atoms with Crippen molar-refractivity contribution >= 4 is 5.91 Å². The largest absolute Gasteiger partial charge is 0.497 e. The molecule has 0 unspecified atom stereocenters. The number of amides is 1. The van der Waals surface area contributed by atoms with E-state index in [1.807, 2.05) is 47.6 Å². The molecular formula is C24H31N3O3. The van der Waals surface area contributed by atoms with Gasteiger partial charge in [-0.25, -0.2) is 0 Å².